The lowest BCUT2D eigenvalue weighted by Gasteiger charge is -2.31. The highest BCUT2D eigenvalue weighted by molar-refractivity contribution is 5.52. The van der Waals surface area contributed by atoms with Crippen molar-refractivity contribution in [3.8, 4) is 5.75 Å². The molecule has 2 rings (SSSR count). The fourth-order valence-corrected chi connectivity index (χ4v) is 2.34. The van der Waals surface area contributed by atoms with Crippen molar-refractivity contribution in [2.75, 3.05) is 13.7 Å². The monoisotopic (exact) mass is 250 g/mol. The van der Waals surface area contributed by atoms with Crippen molar-refractivity contribution >= 4 is 5.69 Å². The molecule has 0 N–H and O–H groups in total. The first-order chi connectivity index (χ1) is 8.52. The van der Waals surface area contributed by atoms with Gasteiger partial charge in [-0.3, -0.25) is 15.0 Å². The third-order valence-electron chi connectivity index (χ3n) is 3.47. The van der Waals surface area contributed by atoms with E-state index in [1.165, 1.54) is 7.11 Å². The molecule has 1 aliphatic rings. The van der Waals surface area contributed by atoms with E-state index >= 15 is 0 Å². The van der Waals surface area contributed by atoms with Crippen LogP contribution in [-0.4, -0.2) is 29.5 Å². The van der Waals surface area contributed by atoms with E-state index in [2.05, 4.69) is 18.7 Å². The number of rotatable bonds is 3. The van der Waals surface area contributed by atoms with Crippen LogP contribution in [0.3, 0.4) is 0 Å². The van der Waals surface area contributed by atoms with Crippen LogP contribution in [-0.2, 0) is 13.0 Å². The molecule has 0 amide bonds. The summed E-state index contributed by atoms with van der Waals surface area (Å²) in [6, 6.07) is 3.92. The minimum absolute atomic E-state index is 0.0573. The summed E-state index contributed by atoms with van der Waals surface area (Å²) in [6.07, 6.45) is 0.919. The van der Waals surface area contributed by atoms with Gasteiger partial charge in [-0.05, 0) is 37.5 Å². The highest BCUT2D eigenvalue weighted by atomic mass is 16.6. The smallest absolute Gasteiger partial charge is 0.311 e. The molecule has 0 unspecified atom stereocenters. The van der Waals surface area contributed by atoms with Crippen molar-refractivity contribution in [2.24, 2.45) is 0 Å². The average molecular weight is 250 g/mol. The summed E-state index contributed by atoms with van der Waals surface area (Å²) >= 11 is 0. The van der Waals surface area contributed by atoms with Crippen LogP contribution >= 0.6 is 0 Å². The molecule has 0 saturated carbocycles. The molecule has 18 heavy (non-hydrogen) atoms. The Hall–Kier alpha value is -1.62. The number of nitro benzene ring substituents is 1. The van der Waals surface area contributed by atoms with E-state index in [4.69, 9.17) is 4.74 Å². The number of benzene rings is 1. The Balaban J connectivity index is 2.39. The SMILES string of the molecule is COc1cc2c(cc1[N+](=O)[O-])CN(C(C)C)CC2. The lowest BCUT2D eigenvalue weighted by Crippen LogP contribution is -2.35. The van der Waals surface area contributed by atoms with Gasteiger partial charge in [0.1, 0.15) is 0 Å². The van der Waals surface area contributed by atoms with Crippen LogP contribution in [0.1, 0.15) is 25.0 Å². The molecule has 0 atom stereocenters. The average Bonchev–Trinajstić information content (AvgIpc) is 2.36. The topological polar surface area (TPSA) is 55.6 Å². The van der Waals surface area contributed by atoms with Crippen LogP contribution in [0.4, 0.5) is 5.69 Å². The molecule has 1 aliphatic heterocycles. The second-order valence-corrected chi connectivity index (χ2v) is 4.86. The van der Waals surface area contributed by atoms with Gasteiger partial charge in [0.05, 0.1) is 12.0 Å². The van der Waals surface area contributed by atoms with Crippen LogP contribution in [0.25, 0.3) is 0 Å². The molecule has 5 heteroatoms. The lowest BCUT2D eigenvalue weighted by atomic mass is 9.97. The Morgan fingerprint density at radius 2 is 2.11 bits per heavy atom. The Morgan fingerprint density at radius 3 is 2.67 bits per heavy atom. The molecule has 0 fully saturated rings. The number of fused-ring (bicyclic) bond motifs is 1. The van der Waals surface area contributed by atoms with Gasteiger partial charge in [-0.25, -0.2) is 0 Å². The first kappa shape index (κ1) is 12.8. The fourth-order valence-electron chi connectivity index (χ4n) is 2.34. The Bertz CT molecular complexity index is 472. The first-order valence-electron chi connectivity index (χ1n) is 6.11. The zero-order valence-electron chi connectivity index (χ0n) is 11.0. The van der Waals surface area contributed by atoms with Crippen molar-refractivity contribution in [1.29, 1.82) is 0 Å². The van der Waals surface area contributed by atoms with Gasteiger partial charge in [0, 0.05) is 25.2 Å². The molecule has 1 heterocycles. The largest absolute Gasteiger partial charge is 0.490 e. The molecule has 0 aliphatic carbocycles. The number of hydrogen-bond donors (Lipinski definition) is 0. The summed E-state index contributed by atoms with van der Waals surface area (Å²) in [5.41, 5.74) is 2.26. The molecule has 0 bridgehead atoms. The molecule has 5 nitrogen and oxygen atoms in total. The van der Waals surface area contributed by atoms with Gasteiger partial charge in [-0.1, -0.05) is 0 Å². The molecule has 0 radical (unpaired) electrons. The standard InChI is InChI=1S/C13H18N2O3/c1-9(2)14-5-4-10-7-13(18-3)12(15(16)17)6-11(10)8-14/h6-7,9H,4-5,8H2,1-3H3. The third kappa shape index (κ3) is 2.31. The highest BCUT2D eigenvalue weighted by Gasteiger charge is 2.24. The lowest BCUT2D eigenvalue weighted by molar-refractivity contribution is -0.385. The van der Waals surface area contributed by atoms with Gasteiger partial charge < -0.3 is 4.74 Å². The van der Waals surface area contributed by atoms with Crippen molar-refractivity contribution in [1.82, 2.24) is 4.90 Å². The highest BCUT2D eigenvalue weighted by Crippen LogP contribution is 2.33. The van der Waals surface area contributed by atoms with Crippen molar-refractivity contribution < 1.29 is 9.66 Å². The second-order valence-electron chi connectivity index (χ2n) is 4.86. The van der Waals surface area contributed by atoms with Crippen molar-refractivity contribution in [3.05, 3.63) is 33.4 Å². The molecular formula is C13H18N2O3. The van der Waals surface area contributed by atoms with E-state index < -0.39 is 0 Å². The number of nitro groups is 1. The summed E-state index contributed by atoms with van der Waals surface area (Å²) in [5.74, 6) is 0.358. The van der Waals surface area contributed by atoms with Gasteiger partial charge in [0.15, 0.2) is 5.75 Å². The first-order valence-corrected chi connectivity index (χ1v) is 6.11. The van der Waals surface area contributed by atoms with E-state index in [1.54, 1.807) is 6.07 Å². The molecular weight excluding hydrogens is 232 g/mol. The molecule has 0 aromatic heterocycles. The summed E-state index contributed by atoms with van der Waals surface area (Å²) in [6.45, 7) is 6.05. The number of hydrogen-bond acceptors (Lipinski definition) is 4. The third-order valence-corrected chi connectivity index (χ3v) is 3.47. The van der Waals surface area contributed by atoms with Gasteiger partial charge in [0.2, 0.25) is 0 Å². The normalized spacial score (nSPS) is 15.6. The van der Waals surface area contributed by atoms with Gasteiger partial charge in [-0.2, -0.15) is 0 Å². The zero-order valence-corrected chi connectivity index (χ0v) is 11.0. The maximum atomic E-state index is 11.0. The molecule has 98 valence electrons. The van der Waals surface area contributed by atoms with Crippen LogP contribution in [0.2, 0.25) is 0 Å². The van der Waals surface area contributed by atoms with Crippen molar-refractivity contribution in [3.63, 3.8) is 0 Å². The van der Waals surface area contributed by atoms with E-state index in [0.29, 0.717) is 11.8 Å². The second kappa shape index (κ2) is 4.94. The minimum atomic E-state index is -0.382. The van der Waals surface area contributed by atoms with Crippen molar-refractivity contribution in [2.45, 2.75) is 32.9 Å². The Morgan fingerprint density at radius 1 is 1.39 bits per heavy atom. The minimum Gasteiger partial charge on any atom is -0.490 e. The van der Waals surface area contributed by atoms with Crippen LogP contribution in [0.5, 0.6) is 5.75 Å². The summed E-state index contributed by atoms with van der Waals surface area (Å²) < 4.78 is 5.09. The summed E-state index contributed by atoms with van der Waals surface area (Å²) in [5, 5.41) is 11.0. The van der Waals surface area contributed by atoms with E-state index in [-0.39, 0.29) is 10.6 Å². The zero-order chi connectivity index (χ0) is 13.3. The maximum absolute atomic E-state index is 11.0. The predicted molar refractivity (Wildman–Crippen MR) is 68.9 cm³/mol. The molecule has 1 aromatic carbocycles. The predicted octanol–water partition coefficient (Wildman–Crippen LogP) is 2.37. The van der Waals surface area contributed by atoms with E-state index in [1.807, 2.05) is 6.07 Å². The maximum Gasteiger partial charge on any atom is 0.311 e. The molecule has 1 aromatic rings. The Kier molecular flexibility index (Phi) is 3.52. The fraction of sp³-hybridized carbons (Fsp3) is 0.538. The number of methoxy groups -OCH3 is 1. The Labute approximate surface area is 107 Å². The summed E-state index contributed by atoms with van der Waals surface area (Å²) in [4.78, 5) is 12.9. The van der Waals surface area contributed by atoms with Crippen LogP contribution in [0.15, 0.2) is 12.1 Å². The number of ether oxygens (including phenoxy) is 1. The van der Waals surface area contributed by atoms with Gasteiger partial charge in [0.25, 0.3) is 0 Å². The van der Waals surface area contributed by atoms with Gasteiger partial charge >= 0.3 is 5.69 Å². The van der Waals surface area contributed by atoms with E-state index in [0.717, 1.165) is 30.6 Å². The molecule has 0 saturated heterocycles. The summed E-state index contributed by atoms with van der Waals surface area (Å²) in [7, 11) is 1.47. The number of nitrogens with zero attached hydrogens (tertiary/aromatic N) is 2. The van der Waals surface area contributed by atoms with E-state index in [9.17, 15) is 10.1 Å². The van der Waals surface area contributed by atoms with Gasteiger partial charge in [-0.15, -0.1) is 0 Å². The molecule has 0 spiro atoms. The van der Waals surface area contributed by atoms with Crippen LogP contribution in [0, 0.1) is 10.1 Å². The quantitative estimate of drug-likeness (QED) is 0.610. The van der Waals surface area contributed by atoms with Crippen LogP contribution < -0.4 is 4.74 Å².